The maximum atomic E-state index is 13.7. The number of aromatic amines is 1. The van der Waals surface area contributed by atoms with Crippen LogP contribution in [0.15, 0.2) is 47.2 Å². The first-order chi connectivity index (χ1) is 8.27. The van der Waals surface area contributed by atoms with E-state index in [1.807, 2.05) is 12.1 Å². The number of H-pyrrole nitrogens is 1. The van der Waals surface area contributed by atoms with Gasteiger partial charge >= 0.3 is 0 Å². The zero-order valence-corrected chi connectivity index (χ0v) is 10.3. The Morgan fingerprint density at radius 2 is 2.00 bits per heavy atom. The summed E-state index contributed by atoms with van der Waals surface area (Å²) in [4.78, 5) is 7.21. The van der Waals surface area contributed by atoms with Crippen LogP contribution >= 0.6 is 15.9 Å². The third kappa shape index (κ3) is 1.65. The number of rotatable bonds is 1. The fourth-order valence-corrected chi connectivity index (χ4v) is 2.52. The van der Waals surface area contributed by atoms with Crippen molar-refractivity contribution in [2.24, 2.45) is 0 Å². The zero-order valence-electron chi connectivity index (χ0n) is 8.74. The lowest BCUT2D eigenvalue weighted by Gasteiger charge is -2.00. The summed E-state index contributed by atoms with van der Waals surface area (Å²) in [5, 5.41) is 0.998. The van der Waals surface area contributed by atoms with Crippen LogP contribution in [-0.4, -0.2) is 9.97 Å². The average molecular weight is 291 g/mol. The minimum Gasteiger partial charge on any atom is -0.352 e. The Labute approximate surface area is 106 Å². The average Bonchev–Trinajstić information content (AvgIpc) is 2.68. The summed E-state index contributed by atoms with van der Waals surface area (Å²) in [6, 6.07) is 8.58. The van der Waals surface area contributed by atoms with E-state index in [0.29, 0.717) is 5.56 Å². The number of halogens is 2. The van der Waals surface area contributed by atoms with Crippen LogP contribution in [0.25, 0.3) is 22.2 Å². The SMILES string of the molecule is Fc1ccccc1-c1[nH]c2cnccc2c1Br. The Morgan fingerprint density at radius 3 is 2.76 bits per heavy atom. The molecule has 1 N–H and O–H groups in total. The Balaban J connectivity index is 2.32. The third-order valence-corrected chi connectivity index (χ3v) is 3.50. The van der Waals surface area contributed by atoms with Crippen molar-refractivity contribution >= 4 is 26.8 Å². The number of pyridine rings is 1. The molecule has 0 aliphatic heterocycles. The normalized spacial score (nSPS) is 10.9. The molecule has 2 heterocycles. The molecule has 4 heteroatoms. The number of hydrogen-bond acceptors (Lipinski definition) is 1. The minimum atomic E-state index is -0.243. The summed E-state index contributed by atoms with van der Waals surface area (Å²) >= 11 is 3.50. The maximum Gasteiger partial charge on any atom is 0.132 e. The molecule has 3 aromatic rings. The van der Waals surface area contributed by atoms with Gasteiger partial charge in [0.25, 0.3) is 0 Å². The number of benzene rings is 1. The molecule has 84 valence electrons. The van der Waals surface area contributed by atoms with E-state index >= 15 is 0 Å². The summed E-state index contributed by atoms with van der Waals surface area (Å²) in [6.07, 6.45) is 3.44. The van der Waals surface area contributed by atoms with E-state index in [1.54, 1.807) is 24.5 Å². The van der Waals surface area contributed by atoms with E-state index in [2.05, 4.69) is 25.9 Å². The monoisotopic (exact) mass is 290 g/mol. The summed E-state index contributed by atoms with van der Waals surface area (Å²) in [7, 11) is 0. The summed E-state index contributed by atoms with van der Waals surface area (Å²) in [5.41, 5.74) is 2.18. The Kier molecular flexibility index (Phi) is 2.44. The molecule has 0 fully saturated rings. The topological polar surface area (TPSA) is 28.7 Å². The van der Waals surface area contributed by atoms with Crippen LogP contribution in [0.1, 0.15) is 0 Å². The molecular weight excluding hydrogens is 283 g/mol. The summed E-state index contributed by atoms with van der Waals surface area (Å²) in [6.45, 7) is 0. The van der Waals surface area contributed by atoms with Crippen LogP contribution < -0.4 is 0 Å². The van der Waals surface area contributed by atoms with Gasteiger partial charge in [-0.1, -0.05) is 12.1 Å². The zero-order chi connectivity index (χ0) is 11.8. The molecule has 0 saturated heterocycles. The second-order valence-corrected chi connectivity index (χ2v) is 4.51. The van der Waals surface area contributed by atoms with Crippen LogP contribution in [0.4, 0.5) is 4.39 Å². The molecule has 0 amide bonds. The van der Waals surface area contributed by atoms with Gasteiger partial charge in [-0.3, -0.25) is 4.98 Å². The van der Waals surface area contributed by atoms with Crippen molar-refractivity contribution in [3.05, 3.63) is 53.0 Å². The summed E-state index contributed by atoms with van der Waals surface area (Å²) in [5.74, 6) is -0.243. The van der Waals surface area contributed by atoms with Gasteiger partial charge in [0.1, 0.15) is 5.82 Å². The van der Waals surface area contributed by atoms with E-state index in [0.717, 1.165) is 21.1 Å². The Morgan fingerprint density at radius 1 is 1.18 bits per heavy atom. The van der Waals surface area contributed by atoms with Crippen LogP contribution in [0, 0.1) is 5.82 Å². The molecule has 3 rings (SSSR count). The number of hydrogen-bond donors (Lipinski definition) is 1. The van der Waals surface area contributed by atoms with E-state index in [9.17, 15) is 4.39 Å². The van der Waals surface area contributed by atoms with Crippen molar-refractivity contribution in [1.82, 2.24) is 9.97 Å². The van der Waals surface area contributed by atoms with Gasteiger partial charge in [-0.2, -0.15) is 0 Å². The molecule has 1 aromatic carbocycles. The molecule has 2 aromatic heterocycles. The lowest BCUT2D eigenvalue weighted by Crippen LogP contribution is -1.83. The van der Waals surface area contributed by atoms with Gasteiger partial charge in [0, 0.05) is 17.1 Å². The molecule has 0 aliphatic carbocycles. The van der Waals surface area contributed by atoms with Gasteiger partial charge in [0.2, 0.25) is 0 Å². The molecule has 0 spiro atoms. The Bertz CT molecular complexity index is 691. The third-order valence-electron chi connectivity index (χ3n) is 2.68. The molecule has 17 heavy (non-hydrogen) atoms. The number of fused-ring (bicyclic) bond motifs is 1. The predicted molar refractivity (Wildman–Crippen MR) is 69.2 cm³/mol. The standard InChI is InChI=1S/C13H8BrFN2/c14-12-9-5-6-16-7-11(9)17-13(12)8-3-1-2-4-10(8)15/h1-7,17H. The molecular formula is C13H8BrFN2. The van der Waals surface area contributed by atoms with Crippen molar-refractivity contribution < 1.29 is 4.39 Å². The van der Waals surface area contributed by atoms with Crippen molar-refractivity contribution in [2.75, 3.05) is 0 Å². The fraction of sp³-hybridized carbons (Fsp3) is 0. The first kappa shape index (κ1) is 10.5. The highest BCUT2D eigenvalue weighted by Crippen LogP contribution is 2.35. The Hall–Kier alpha value is -1.68. The van der Waals surface area contributed by atoms with Crippen molar-refractivity contribution in [3.63, 3.8) is 0 Å². The van der Waals surface area contributed by atoms with Gasteiger partial charge in [0.15, 0.2) is 0 Å². The summed E-state index contributed by atoms with van der Waals surface area (Å²) < 4.78 is 14.6. The lowest BCUT2D eigenvalue weighted by molar-refractivity contribution is 0.631. The van der Waals surface area contributed by atoms with Crippen molar-refractivity contribution in [1.29, 1.82) is 0 Å². The lowest BCUT2D eigenvalue weighted by atomic mass is 10.1. The highest BCUT2D eigenvalue weighted by Gasteiger charge is 2.13. The number of aromatic nitrogens is 2. The van der Waals surface area contributed by atoms with Crippen molar-refractivity contribution in [2.45, 2.75) is 0 Å². The molecule has 0 aliphatic rings. The van der Waals surface area contributed by atoms with Crippen LogP contribution in [0.3, 0.4) is 0 Å². The maximum absolute atomic E-state index is 13.7. The van der Waals surface area contributed by atoms with Crippen LogP contribution in [-0.2, 0) is 0 Å². The molecule has 2 nitrogen and oxygen atoms in total. The van der Waals surface area contributed by atoms with Crippen LogP contribution in [0.5, 0.6) is 0 Å². The van der Waals surface area contributed by atoms with Gasteiger partial charge in [-0.15, -0.1) is 0 Å². The van der Waals surface area contributed by atoms with E-state index in [1.165, 1.54) is 6.07 Å². The number of nitrogens with zero attached hydrogens (tertiary/aromatic N) is 1. The first-order valence-corrected chi connectivity index (χ1v) is 5.93. The second kappa shape index (κ2) is 3.96. The van der Waals surface area contributed by atoms with Gasteiger partial charge in [-0.05, 0) is 34.1 Å². The highest BCUT2D eigenvalue weighted by atomic mass is 79.9. The molecule has 0 radical (unpaired) electrons. The van der Waals surface area contributed by atoms with E-state index in [4.69, 9.17) is 0 Å². The largest absolute Gasteiger partial charge is 0.352 e. The molecule has 0 atom stereocenters. The number of nitrogens with one attached hydrogen (secondary N) is 1. The second-order valence-electron chi connectivity index (χ2n) is 3.72. The predicted octanol–water partition coefficient (Wildman–Crippen LogP) is 4.13. The quantitative estimate of drug-likeness (QED) is 0.717. The highest BCUT2D eigenvalue weighted by molar-refractivity contribution is 9.10. The van der Waals surface area contributed by atoms with Crippen LogP contribution in [0.2, 0.25) is 0 Å². The molecule has 0 bridgehead atoms. The first-order valence-electron chi connectivity index (χ1n) is 5.13. The minimum absolute atomic E-state index is 0.243. The fourth-order valence-electron chi connectivity index (χ4n) is 1.86. The van der Waals surface area contributed by atoms with Gasteiger partial charge in [-0.25, -0.2) is 4.39 Å². The molecule has 0 saturated carbocycles. The molecule has 0 unspecified atom stereocenters. The smallest absolute Gasteiger partial charge is 0.132 e. The van der Waals surface area contributed by atoms with Gasteiger partial charge in [0.05, 0.1) is 21.9 Å². The van der Waals surface area contributed by atoms with Crippen molar-refractivity contribution in [3.8, 4) is 11.3 Å². The van der Waals surface area contributed by atoms with E-state index in [-0.39, 0.29) is 5.82 Å². The van der Waals surface area contributed by atoms with Gasteiger partial charge < -0.3 is 4.98 Å². The van der Waals surface area contributed by atoms with E-state index < -0.39 is 0 Å².